The van der Waals surface area contributed by atoms with Crippen LogP contribution in [0.15, 0.2) is 30.3 Å². The normalized spacial score (nSPS) is 23.7. The van der Waals surface area contributed by atoms with Crippen molar-refractivity contribution in [3.8, 4) is 0 Å². The van der Waals surface area contributed by atoms with Gasteiger partial charge in [0.05, 0.1) is 6.42 Å². The molecule has 7 heteroatoms. The monoisotopic (exact) mass is 393 g/mol. The highest BCUT2D eigenvalue weighted by Gasteiger charge is 2.43. The number of fused-ring (bicyclic) bond motifs is 3. The second-order valence-corrected chi connectivity index (χ2v) is 8.36. The summed E-state index contributed by atoms with van der Waals surface area (Å²) in [6.07, 6.45) is 4.15. The second-order valence-electron chi connectivity index (χ2n) is 8.36. The minimum atomic E-state index is -0.204. The van der Waals surface area contributed by atoms with Gasteiger partial charge in [0, 0.05) is 23.5 Å². The van der Waals surface area contributed by atoms with Crippen molar-refractivity contribution in [2.75, 3.05) is 0 Å². The Hall–Kier alpha value is -2.83. The van der Waals surface area contributed by atoms with Crippen LogP contribution in [-0.4, -0.2) is 42.5 Å². The maximum absolute atomic E-state index is 13.2. The van der Waals surface area contributed by atoms with Crippen LogP contribution in [0.1, 0.15) is 54.4 Å². The molecule has 6 nitrogen and oxygen atoms in total. The number of nitrogens with zero attached hydrogens (tertiary/aromatic N) is 5. The standard InChI is InChI=1S/C22H24FN5O/c1-13-9-14(2)28-22(24-13)25-20(26-28)12-21(29)27-18-7-8-19(27)11-16(10-18)15-3-5-17(23)6-4-15/h3-6,9,16,18-19H,7-8,10-12H2,1-2H3/t18-,19-/m0/s1. The summed E-state index contributed by atoms with van der Waals surface area (Å²) in [5, 5.41) is 4.49. The zero-order valence-electron chi connectivity index (χ0n) is 16.7. The number of aromatic nitrogens is 4. The predicted molar refractivity (Wildman–Crippen MR) is 106 cm³/mol. The Bertz CT molecular complexity index is 1060. The van der Waals surface area contributed by atoms with Crippen LogP contribution in [0.3, 0.4) is 0 Å². The number of carbonyl (C=O) groups is 1. The molecule has 2 saturated heterocycles. The van der Waals surface area contributed by atoms with Crippen molar-refractivity contribution in [1.82, 2.24) is 24.5 Å². The van der Waals surface area contributed by atoms with E-state index in [0.717, 1.165) is 37.1 Å². The third-order valence-corrected chi connectivity index (χ3v) is 6.33. The van der Waals surface area contributed by atoms with Gasteiger partial charge >= 0.3 is 0 Å². The predicted octanol–water partition coefficient (Wildman–Crippen LogP) is 3.36. The molecule has 0 aliphatic carbocycles. The van der Waals surface area contributed by atoms with E-state index in [1.54, 1.807) is 4.52 Å². The van der Waals surface area contributed by atoms with Gasteiger partial charge in [0.25, 0.3) is 5.78 Å². The van der Waals surface area contributed by atoms with Crippen molar-refractivity contribution < 1.29 is 9.18 Å². The van der Waals surface area contributed by atoms with Gasteiger partial charge < -0.3 is 4.90 Å². The zero-order valence-corrected chi connectivity index (χ0v) is 16.7. The molecule has 0 saturated carbocycles. The molecule has 0 spiro atoms. The van der Waals surface area contributed by atoms with Gasteiger partial charge in [-0.1, -0.05) is 12.1 Å². The SMILES string of the molecule is Cc1cc(C)n2nc(CC(=O)N3[C@H]4CC[C@H]3CC(c3ccc(F)cc3)C4)nc2n1. The van der Waals surface area contributed by atoms with Crippen LogP contribution in [0, 0.1) is 19.7 Å². The lowest BCUT2D eigenvalue weighted by Crippen LogP contribution is -2.46. The lowest BCUT2D eigenvalue weighted by atomic mass is 9.85. The molecular weight excluding hydrogens is 369 g/mol. The average molecular weight is 393 g/mol. The summed E-state index contributed by atoms with van der Waals surface area (Å²) in [6, 6.07) is 9.27. The van der Waals surface area contributed by atoms with Gasteiger partial charge in [-0.3, -0.25) is 4.79 Å². The maximum Gasteiger partial charge on any atom is 0.252 e. The molecule has 2 aromatic heterocycles. The van der Waals surface area contributed by atoms with E-state index in [0.29, 0.717) is 17.5 Å². The second kappa shape index (κ2) is 6.90. The van der Waals surface area contributed by atoms with Crippen LogP contribution in [0.5, 0.6) is 0 Å². The number of carbonyl (C=O) groups excluding carboxylic acids is 1. The molecule has 150 valence electrons. The quantitative estimate of drug-likeness (QED) is 0.685. The highest BCUT2D eigenvalue weighted by atomic mass is 19.1. The fourth-order valence-electron chi connectivity index (χ4n) is 5.10. The molecule has 2 atom stereocenters. The van der Waals surface area contributed by atoms with E-state index >= 15 is 0 Å². The summed E-state index contributed by atoms with van der Waals surface area (Å²) >= 11 is 0. The highest BCUT2D eigenvalue weighted by Crippen LogP contribution is 2.43. The Morgan fingerprint density at radius 3 is 2.48 bits per heavy atom. The van der Waals surface area contributed by atoms with E-state index in [1.807, 2.05) is 32.0 Å². The molecule has 4 heterocycles. The lowest BCUT2D eigenvalue weighted by Gasteiger charge is -2.39. The Morgan fingerprint density at radius 1 is 1.10 bits per heavy atom. The molecular formula is C22H24FN5O. The summed E-state index contributed by atoms with van der Waals surface area (Å²) in [6.45, 7) is 3.89. The third-order valence-electron chi connectivity index (χ3n) is 6.33. The number of piperidine rings is 1. The Balaban J connectivity index is 1.32. The van der Waals surface area contributed by atoms with Crippen LogP contribution in [-0.2, 0) is 11.2 Å². The highest BCUT2D eigenvalue weighted by molar-refractivity contribution is 5.79. The Morgan fingerprint density at radius 2 is 1.79 bits per heavy atom. The molecule has 1 aromatic carbocycles. The molecule has 5 rings (SSSR count). The summed E-state index contributed by atoms with van der Waals surface area (Å²) in [5.41, 5.74) is 3.02. The molecule has 0 radical (unpaired) electrons. The molecule has 0 unspecified atom stereocenters. The summed E-state index contributed by atoms with van der Waals surface area (Å²) in [5.74, 6) is 1.35. The largest absolute Gasteiger partial charge is 0.336 e. The van der Waals surface area contributed by atoms with Crippen molar-refractivity contribution in [3.05, 3.63) is 58.9 Å². The first-order valence-corrected chi connectivity index (χ1v) is 10.2. The molecule has 2 fully saturated rings. The van der Waals surface area contributed by atoms with Crippen molar-refractivity contribution in [3.63, 3.8) is 0 Å². The number of halogens is 1. The first-order chi connectivity index (χ1) is 14.0. The van der Waals surface area contributed by atoms with Crippen molar-refractivity contribution >= 4 is 11.7 Å². The fourth-order valence-corrected chi connectivity index (χ4v) is 5.10. The summed E-state index contributed by atoms with van der Waals surface area (Å²) < 4.78 is 14.9. The topological polar surface area (TPSA) is 63.4 Å². The van der Waals surface area contributed by atoms with Crippen LogP contribution in [0.4, 0.5) is 4.39 Å². The number of hydrogen-bond acceptors (Lipinski definition) is 4. The lowest BCUT2D eigenvalue weighted by molar-refractivity contribution is -0.135. The first-order valence-electron chi connectivity index (χ1n) is 10.2. The summed E-state index contributed by atoms with van der Waals surface area (Å²) in [4.78, 5) is 24.1. The van der Waals surface area contributed by atoms with Gasteiger partial charge in [-0.15, -0.1) is 5.10 Å². The van der Waals surface area contributed by atoms with E-state index in [-0.39, 0.29) is 30.2 Å². The van der Waals surface area contributed by atoms with Crippen LogP contribution in [0.2, 0.25) is 0 Å². The van der Waals surface area contributed by atoms with Crippen molar-refractivity contribution in [2.24, 2.45) is 0 Å². The van der Waals surface area contributed by atoms with E-state index in [1.165, 1.54) is 17.7 Å². The molecule has 0 N–H and O–H groups in total. The number of rotatable bonds is 3. The first kappa shape index (κ1) is 18.2. The van der Waals surface area contributed by atoms with Crippen molar-refractivity contribution in [2.45, 2.75) is 64.0 Å². The number of benzene rings is 1. The molecule has 1 amide bonds. The van der Waals surface area contributed by atoms with Gasteiger partial charge in [-0.2, -0.15) is 4.98 Å². The molecule has 29 heavy (non-hydrogen) atoms. The molecule has 2 aliphatic heterocycles. The van der Waals surface area contributed by atoms with Crippen molar-refractivity contribution in [1.29, 1.82) is 0 Å². The van der Waals surface area contributed by atoms with Gasteiger partial charge in [0.1, 0.15) is 5.82 Å². The van der Waals surface area contributed by atoms with E-state index in [9.17, 15) is 9.18 Å². The van der Waals surface area contributed by atoms with Crippen LogP contribution >= 0.6 is 0 Å². The number of hydrogen-bond donors (Lipinski definition) is 0. The fraction of sp³-hybridized carbons (Fsp3) is 0.455. The van der Waals surface area contributed by atoms with Crippen LogP contribution < -0.4 is 0 Å². The van der Waals surface area contributed by atoms with E-state index in [2.05, 4.69) is 20.0 Å². The van der Waals surface area contributed by atoms with Gasteiger partial charge in [-0.05, 0) is 69.2 Å². The average Bonchev–Trinajstić information content (AvgIpc) is 3.20. The van der Waals surface area contributed by atoms with E-state index < -0.39 is 0 Å². The van der Waals surface area contributed by atoms with Gasteiger partial charge in [0.15, 0.2) is 5.82 Å². The smallest absolute Gasteiger partial charge is 0.252 e. The molecule has 3 aromatic rings. The van der Waals surface area contributed by atoms with E-state index in [4.69, 9.17) is 0 Å². The molecule has 2 aliphatic rings. The van der Waals surface area contributed by atoms with Gasteiger partial charge in [-0.25, -0.2) is 13.9 Å². The Kier molecular flexibility index (Phi) is 4.33. The zero-order chi connectivity index (χ0) is 20.1. The maximum atomic E-state index is 13.2. The minimum absolute atomic E-state index is 0.0975. The minimum Gasteiger partial charge on any atom is -0.336 e. The summed E-state index contributed by atoms with van der Waals surface area (Å²) in [7, 11) is 0. The molecule has 2 bridgehead atoms. The third kappa shape index (κ3) is 3.28. The Labute approximate surface area is 168 Å². The van der Waals surface area contributed by atoms with Gasteiger partial charge in [0.2, 0.25) is 5.91 Å². The number of amides is 1. The van der Waals surface area contributed by atoms with Crippen LogP contribution in [0.25, 0.3) is 5.78 Å². The number of aryl methyl sites for hydroxylation is 2.